The quantitative estimate of drug-likeness (QED) is 0.688. The fourth-order valence-corrected chi connectivity index (χ4v) is 3.52. The molecule has 1 atom stereocenters. The lowest BCUT2D eigenvalue weighted by atomic mass is 10.0. The lowest BCUT2D eigenvalue weighted by Gasteiger charge is -2.37. The van der Waals surface area contributed by atoms with E-state index in [1.807, 2.05) is 36.0 Å². The van der Waals surface area contributed by atoms with Gasteiger partial charge in [-0.25, -0.2) is 4.68 Å². The van der Waals surface area contributed by atoms with E-state index in [-0.39, 0.29) is 6.04 Å². The van der Waals surface area contributed by atoms with Gasteiger partial charge in [-0.15, -0.1) is 5.10 Å². The number of rotatable bonds is 5. The highest BCUT2D eigenvalue weighted by Crippen LogP contribution is 2.28. The van der Waals surface area contributed by atoms with Gasteiger partial charge in [0.15, 0.2) is 5.82 Å². The summed E-state index contributed by atoms with van der Waals surface area (Å²) >= 11 is 0. The summed E-state index contributed by atoms with van der Waals surface area (Å²) in [5.41, 5.74) is 3.33. The van der Waals surface area contributed by atoms with E-state index < -0.39 is 0 Å². The zero-order chi connectivity index (χ0) is 18.6. The molecular formula is C20H25N7. The van der Waals surface area contributed by atoms with Crippen molar-refractivity contribution in [2.45, 2.75) is 19.5 Å². The third-order valence-electron chi connectivity index (χ3n) is 5.13. The summed E-state index contributed by atoms with van der Waals surface area (Å²) in [6.07, 6.45) is 1.96. The maximum atomic E-state index is 4.52. The molecule has 0 spiro atoms. The van der Waals surface area contributed by atoms with E-state index in [4.69, 9.17) is 0 Å². The van der Waals surface area contributed by atoms with E-state index >= 15 is 0 Å². The van der Waals surface area contributed by atoms with Crippen LogP contribution in [0.2, 0.25) is 0 Å². The molecular weight excluding hydrogens is 338 g/mol. The summed E-state index contributed by atoms with van der Waals surface area (Å²) in [5, 5.41) is 12.7. The molecule has 7 heteroatoms. The van der Waals surface area contributed by atoms with E-state index in [9.17, 15) is 0 Å². The highest BCUT2D eigenvalue weighted by Gasteiger charge is 2.30. The predicted molar refractivity (Wildman–Crippen MR) is 103 cm³/mol. The van der Waals surface area contributed by atoms with Crippen LogP contribution in [0.3, 0.4) is 0 Å². The minimum Gasteiger partial charge on any atom is -0.304 e. The first-order chi connectivity index (χ1) is 13.2. The number of aryl methyl sites for hydroxylation is 1. The number of aromatic nitrogens is 5. The van der Waals surface area contributed by atoms with Crippen LogP contribution in [0, 0.1) is 6.92 Å². The Morgan fingerprint density at radius 2 is 1.78 bits per heavy atom. The summed E-state index contributed by atoms with van der Waals surface area (Å²) in [6.45, 7) is 6.70. The number of nitrogens with zero attached hydrogens (tertiary/aromatic N) is 7. The molecule has 2 aromatic heterocycles. The summed E-state index contributed by atoms with van der Waals surface area (Å²) in [4.78, 5) is 9.33. The summed E-state index contributed by atoms with van der Waals surface area (Å²) in [5.74, 6) is 0.869. The molecule has 0 saturated carbocycles. The van der Waals surface area contributed by atoms with Gasteiger partial charge in [-0.05, 0) is 41.6 Å². The van der Waals surface area contributed by atoms with E-state index in [0.717, 1.165) is 43.3 Å². The van der Waals surface area contributed by atoms with Gasteiger partial charge in [-0.2, -0.15) is 0 Å². The van der Waals surface area contributed by atoms with Gasteiger partial charge in [0.2, 0.25) is 0 Å². The van der Waals surface area contributed by atoms with E-state index in [1.54, 1.807) is 0 Å². The van der Waals surface area contributed by atoms with Gasteiger partial charge in [0.1, 0.15) is 0 Å². The molecule has 0 amide bonds. The zero-order valence-corrected chi connectivity index (χ0v) is 15.9. The van der Waals surface area contributed by atoms with Crippen LogP contribution in [0.4, 0.5) is 0 Å². The number of benzene rings is 1. The monoisotopic (exact) mass is 363 g/mol. The largest absolute Gasteiger partial charge is 0.304 e. The standard InChI is InChI=1S/C20H25N7/c1-16-8-9-18(14-21-16)19(26-12-10-25(2)11-13-26)20-22-23-24-27(20)15-17-6-4-3-5-7-17/h3-9,14,19H,10-13,15H2,1-2H3. The van der Waals surface area contributed by atoms with Gasteiger partial charge < -0.3 is 4.90 Å². The SMILES string of the molecule is Cc1ccc(C(c2nnnn2Cc2ccccc2)N2CCN(C)CC2)cn1. The molecule has 3 heterocycles. The summed E-state index contributed by atoms with van der Waals surface area (Å²) in [7, 11) is 2.17. The van der Waals surface area contributed by atoms with Crippen molar-refractivity contribution in [3.63, 3.8) is 0 Å². The van der Waals surface area contributed by atoms with Crippen molar-refractivity contribution in [1.82, 2.24) is 35.0 Å². The number of hydrogen-bond donors (Lipinski definition) is 0. The predicted octanol–water partition coefficient (Wildman–Crippen LogP) is 1.76. The van der Waals surface area contributed by atoms with Crippen LogP contribution in [-0.4, -0.2) is 68.2 Å². The Morgan fingerprint density at radius 1 is 1.00 bits per heavy atom. The number of tetrazole rings is 1. The fourth-order valence-electron chi connectivity index (χ4n) is 3.52. The Hall–Kier alpha value is -2.64. The second kappa shape index (κ2) is 7.94. The highest BCUT2D eigenvalue weighted by molar-refractivity contribution is 5.24. The van der Waals surface area contributed by atoms with E-state index in [2.05, 4.69) is 61.6 Å². The summed E-state index contributed by atoms with van der Waals surface area (Å²) < 4.78 is 1.91. The van der Waals surface area contributed by atoms with Gasteiger partial charge in [0.05, 0.1) is 12.6 Å². The van der Waals surface area contributed by atoms with Crippen molar-refractivity contribution < 1.29 is 0 Å². The smallest absolute Gasteiger partial charge is 0.173 e. The molecule has 4 rings (SSSR count). The third kappa shape index (κ3) is 4.04. The Kier molecular flexibility index (Phi) is 5.22. The van der Waals surface area contributed by atoms with Crippen molar-refractivity contribution in [2.75, 3.05) is 33.2 Å². The Labute approximate surface area is 159 Å². The topological polar surface area (TPSA) is 63.0 Å². The Balaban J connectivity index is 1.69. The second-order valence-corrected chi connectivity index (χ2v) is 7.16. The highest BCUT2D eigenvalue weighted by atomic mass is 15.6. The number of hydrogen-bond acceptors (Lipinski definition) is 6. The van der Waals surface area contributed by atoms with Gasteiger partial charge in [0, 0.05) is 38.1 Å². The Bertz CT molecular complexity index is 852. The van der Waals surface area contributed by atoms with Crippen molar-refractivity contribution in [3.05, 3.63) is 71.3 Å². The second-order valence-electron chi connectivity index (χ2n) is 7.16. The lowest BCUT2D eigenvalue weighted by Crippen LogP contribution is -2.46. The van der Waals surface area contributed by atoms with Gasteiger partial charge in [-0.3, -0.25) is 9.88 Å². The molecule has 7 nitrogen and oxygen atoms in total. The fraction of sp³-hybridized carbons (Fsp3) is 0.400. The minimum absolute atomic E-state index is 0.00510. The average Bonchev–Trinajstić information content (AvgIpc) is 3.13. The molecule has 1 aliphatic heterocycles. The van der Waals surface area contributed by atoms with Crippen molar-refractivity contribution in [1.29, 1.82) is 0 Å². The lowest BCUT2D eigenvalue weighted by molar-refractivity contribution is 0.121. The van der Waals surface area contributed by atoms with Crippen LogP contribution in [0.25, 0.3) is 0 Å². The van der Waals surface area contributed by atoms with Crippen molar-refractivity contribution in [3.8, 4) is 0 Å². The molecule has 27 heavy (non-hydrogen) atoms. The van der Waals surface area contributed by atoms with Crippen LogP contribution in [0.5, 0.6) is 0 Å². The first kappa shape index (κ1) is 17.8. The molecule has 3 aromatic rings. The van der Waals surface area contributed by atoms with Crippen LogP contribution in [0.1, 0.15) is 28.7 Å². The van der Waals surface area contributed by atoms with E-state index in [0.29, 0.717) is 6.54 Å². The molecule has 0 aliphatic carbocycles. The molecule has 1 unspecified atom stereocenters. The molecule has 1 aromatic carbocycles. The minimum atomic E-state index is 0.00510. The van der Waals surface area contributed by atoms with E-state index in [1.165, 1.54) is 5.56 Å². The Morgan fingerprint density at radius 3 is 2.48 bits per heavy atom. The number of piperazine rings is 1. The molecule has 0 N–H and O–H groups in total. The van der Waals surface area contributed by atoms with Gasteiger partial charge in [0.25, 0.3) is 0 Å². The molecule has 0 radical (unpaired) electrons. The maximum absolute atomic E-state index is 4.52. The summed E-state index contributed by atoms with van der Waals surface area (Å²) in [6, 6.07) is 14.5. The molecule has 1 aliphatic rings. The number of pyridine rings is 1. The van der Waals surface area contributed by atoms with Crippen LogP contribution < -0.4 is 0 Å². The normalized spacial score (nSPS) is 17.1. The average molecular weight is 363 g/mol. The van der Waals surface area contributed by atoms with Crippen LogP contribution >= 0.6 is 0 Å². The molecule has 1 fully saturated rings. The van der Waals surface area contributed by atoms with Crippen LogP contribution in [-0.2, 0) is 6.54 Å². The van der Waals surface area contributed by atoms with Crippen LogP contribution in [0.15, 0.2) is 48.7 Å². The first-order valence-electron chi connectivity index (χ1n) is 9.36. The molecule has 0 bridgehead atoms. The third-order valence-corrected chi connectivity index (χ3v) is 5.13. The first-order valence-corrected chi connectivity index (χ1v) is 9.36. The number of likely N-dealkylation sites (N-methyl/N-ethyl adjacent to an activating group) is 1. The van der Waals surface area contributed by atoms with Crippen molar-refractivity contribution >= 4 is 0 Å². The van der Waals surface area contributed by atoms with Gasteiger partial charge >= 0.3 is 0 Å². The van der Waals surface area contributed by atoms with Gasteiger partial charge in [-0.1, -0.05) is 36.4 Å². The zero-order valence-electron chi connectivity index (χ0n) is 15.9. The maximum Gasteiger partial charge on any atom is 0.173 e. The molecule has 1 saturated heterocycles. The molecule has 140 valence electrons. The van der Waals surface area contributed by atoms with Crippen molar-refractivity contribution in [2.24, 2.45) is 0 Å².